The first kappa shape index (κ1) is 16.1. The molecule has 2 aliphatic heterocycles. The molecular weight excluding hydrogens is 372 g/mol. The third-order valence-electron chi connectivity index (χ3n) is 5.43. The molecule has 28 heavy (non-hydrogen) atoms. The van der Waals surface area contributed by atoms with Gasteiger partial charge in [0.15, 0.2) is 5.65 Å². The maximum absolute atomic E-state index is 5.95. The fraction of sp³-hybridized carbons (Fsp3) is 0.238. The summed E-state index contributed by atoms with van der Waals surface area (Å²) >= 11 is 1.49. The molecule has 140 valence electrons. The van der Waals surface area contributed by atoms with Gasteiger partial charge in [0, 0.05) is 55.3 Å². The molecule has 0 spiro atoms. The lowest BCUT2D eigenvalue weighted by atomic mass is 10.1. The van der Waals surface area contributed by atoms with Crippen molar-refractivity contribution in [2.24, 2.45) is 5.92 Å². The van der Waals surface area contributed by atoms with E-state index >= 15 is 0 Å². The first-order valence-corrected chi connectivity index (χ1v) is 10.2. The summed E-state index contributed by atoms with van der Waals surface area (Å²) in [7, 11) is 0. The molecule has 1 unspecified atom stereocenters. The monoisotopic (exact) mass is 390 g/mol. The highest BCUT2D eigenvalue weighted by molar-refractivity contribution is 7.20. The van der Waals surface area contributed by atoms with Gasteiger partial charge in [-0.3, -0.25) is 4.90 Å². The first-order chi connectivity index (χ1) is 13.8. The maximum Gasteiger partial charge on any atom is 0.281 e. The van der Waals surface area contributed by atoms with Gasteiger partial charge < -0.3 is 14.5 Å². The van der Waals surface area contributed by atoms with Crippen LogP contribution in [0, 0.1) is 5.92 Å². The number of pyridine rings is 1. The molecule has 6 nitrogen and oxygen atoms in total. The molecule has 0 bridgehead atoms. The third kappa shape index (κ3) is 2.75. The number of aromatic nitrogens is 2. The smallest absolute Gasteiger partial charge is 0.281 e. The lowest BCUT2D eigenvalue weighted by Gasteiger charge is -2.14. The van der Waals surface area contributed by atoms with Crippen molar-refractivity contribution >= 4 is 32.7 Å². The number of fused-ring (bicyclic) bond motifs is 3. The number of nitrogens with zero attached hydrogens (tertiary/aromatic N) is 3. The van der Waals surface area contributed by atoms with Gasteiger partial charge in [0.2, 0.25) is 0 Å². The van der Waals surface area contributed by atoms with Crippen LogP contribution in [0.2, 0.25) is 0 Å². The zero-order chi connectivity index (χ0) is 18.5. The summed E-state index contributed by atoms with van der Waals surface area (Å²) in [6.07, 6.45) is 5.79. The topological polar surface area (TPSA) is 63.4 Å². The zero-order valence-corrected chi connectivity index (χ0v) is 15.9. The first-order valence-electron chi connectivity index (χ1n) is 9.36. The zero-order valence-electron chi connectivity index (χ0n) is 15.1. The molecule has 1 atom stereocenters. The Morgan fingerprint density at radius 1 is 1.32 bits per heavy atom. The second kappa shape index (κ2) is 6.32. The van der Waals surface area contributed by atoms with Gasteiger partial charge in [-0.05, 0) is 36.0 Å². The molecule has 0 aliphatic carbocycles. The van der Waals surface area contributed by atoms with E-state index in [1.165, 1.54) is 22.5 Å². The standard InChI is InChI=1S/C21H18N4O2S/c1-2-19-20(23-5-1)24-21(28-19)27-16-3-4-17-15(12-26-18(17)6-16)11-25-9-13-7-22-8-14(13)10-25/h1-7,12,14,22H,8-11H2. The van der Waals surface area contributed by atoms with Crippen molar-refractivity contribution in [3.05, 3.63) is 60.1 Å². The summed E-state index contributed by atoms with van der Waals surface area (Å²) in [5.41, 5.74) is 4.30. The fourth-order valence-corrected chi connectivity index (χ4v) is 4.87. The summed E-state index contributed by atoms with van der Waals surface area (Å²) in [5, 5.41) is 5.07. The van der Waals surface area contributed by atoms with E-state index in [0.29, 0.717) is 16.8 Å². The van der Waals surface area contributed by atoms with Crippen molar-refractivity contribution in [1.82, 2.24) is 20.2 Å². The van der Waals surface area contributed by atoms with Crippen LogP contribution in [0.1, 0.15) is 5.56 Å². The van der Waals surface area contributed by atoms with Crippen molar-refractivity contribution in [2.75, 3.05) is 19.6 Å². The quantitative estimate of drug-likeness (QED) is 0.565. The molecule has 1 N–H and O–H groups in total. The summed E-state index contributed by atoms with van der Waals surface area (Å²) in [4.78, 5) is 11.2. The molecule has 5 heterocycles. The average molecular weight is 390 g/mol. The number of thiazole rings is 1. The van der Waals surface area contributed by atoms with E-state index < -0.39 is 0 Å². The Morgan fingerprint density at radius 3 is 3.25 bits per heavy atom. The maximum atomic E-state index is 5.95. The third-order valence-corrected chi connectivity index (χ3v) is 6.32. The van der Waals surface area contributed by atoms with Crippen LogP contribution in [-0.4, -0.2) is 34.5 Å². The van der Waals surface area contributed by atoms with E-state index in [1.807, 2.05) is 30.5 Å². The van der Waals surface area contributed by atoms with E-state index in [-0.39, 0.29) is 0 Å². The molecule has 7 heteroatoms. The number of nitrogens with one attached hydrogen (secondary N) is 1. The second-order valence-electron chi connectivity index (χ2n) is 7.32. The number of ether oxygens (including phenoxy) is 1. The molecule has 6 rings (SSSR count). The molecule has 0 radical (unpaired) electrons. The van der Waals surface area contributed by atoms with Gasteiger partial charge in [0.25, 0.3) is 5.19 Å². The predicted octanol–water partition coefficient (Wildman–Crippen LogP) is 4.15. The highest BCUT2D eigenvalue weighted by atomic mass is 32.1. The van der Waals surface area contributed by atoms with Crippen LogP contribution in [0.5, 0.6) is 10.9 Å². The van der Waals surface area contributed by atoms with Gasteiger partial charge in [-0.25, -0.2) is 4.98 Å². The van der Waals surface area contributed by atoms with Crippen LogP contribution in [0.15, 0.2) is 59.0 Å². The summed E-state index contributed by atoms with van der Waals surface area (Å²) in [6, 6.07) is 9.89. The number of rotatable bonds is 4. The Hall–Kier alpha value is -2.90. The van der Waals surface area contributed by atoms with E-state index in [0.717, 1.165) is 47.6 Å². The largest absolute Gasteiger partial charge is 0.464 e. The van der Waals surface area contributed by atoms with Gasteiger partial charge in [-0.1, -0.05) is 11.3 Å². The van der Waals surface area contributed by atoms with E-state index in [1.54, 1.807) is 6.20 Å². The molecule has 4 aromatic rings. The van der Waals surface area contributed by atoms with Crippen molar-refractivity contribution in [3.63, 3.8) is 0 Å². The summed E-state index contributed by atoms with van der Waals surface area (Å²) in [6.45, 7) is 4.13. The van der Waals surface area contributed by atoms with E-state index in [9.17, 15) is 0 Å². The van der Waals surface area contributed by atoms with Crippen LogP contribution in [0.3, 0.4) is 0 Å². The molecular formula is C21H18N4O2S. The van der Waals surface area contributed by atoms with Crippen LogP contribution in [-0.2, 0) is 6.54 Å². The Labute approximate surface area is 165 Å². The van der Waals surface area contributed by atoms with Crippen LogP contribution >= 0.6 is 11.3 Å². The minimum Gasteiger partial charge on any atom is -0.464 e. The Morgan fingerprint density at radius 2 is 2.32 bits per heavy atom. The number of furan rings is 1. The number of likely N-dealkylation sites (tertiary alicyclic amines) is 1. The van der Waals surface area contributed by atoms with Crippen molar-refractivity contribution in [3.8, 4) is 10.9 Å². The summed E-state index contributed by atoms with van der Waals surface area (Å²) in [5.74, 6) is 1.39. The average Bonchev–Trinajstić information content (AvgIpc) is 3.44. The molecule has 1 saturated heterocycles. The van der Waals surface area contributed by atoms with E-state index in [2.05, 4.69) is 32.5 Å². The van der Waals surface area contributed by atoms with Gasteiger partial charge in [-0.15, -0.1) is 0 Å². The van der Waals surface area contributed by atoms with E-state index in [4.69, 9.17) is 9.15 Å². The van der Waals surface area contributed by atoms with Crippen molar-refractivity contribution in [2.45, 2.75) is 6.54 Å². The molecule has 3 aromatic heterocycles. The van der Waals surface area contributed by atoms with Crippen molar-refractivity contribution in [1.29, 1.82) is 0 Å². The lowest BCUT2D eigenvalue weighted by molar-refractivity contribution is 0.315. The minimum absolute atomic E-state index is 0.588. The molecule has 0 saturated carbocycles. The number of hydrogen-bond acceptors (Lipinski definition) is 7. The van der Waals surface area contributed by atoms with Gasteiger partial charge >= 0.3 is 0 Å². The highest BCUT2D eigenvalue weighted by Crippen LogP contribution is 2.34. The highest BCUT2D eigenvalue weighted by Gasteiger charge is 2.30. The molecule has 2 aliphatic rings. The van der Waals surface area contributed by atoms with Crippen molar-refractivity contribution < 1.29 is 9.15 Å². The number of benzene rings is 1. The van der Waals surface area contributed by atoms with Crippen LogP contribution in [0.4, 0.5) is 0 Å². The fourth-order valence-electron chi connectivity index (χ4n) is 4.08. The molecule has 1 aromatic carbocycles. The van der Waals surface area contributed by atoms with Crippen LogP contribution < -0.4 is 10.1 Å². The van der Waals surface area contributed by atoms with Gasteiger partial charge in [-0.2, -0.15) is 4.98 Å². The Balaban J connectivity index is 1.23. The Kier molecular flexibility index (Phi) is 3.63. The normalized spacial score (nSPS) is 19.1. The second-order valence-corrected chi connectivity index (χ2v) is 8.31. The summed E-state index contributed by atoms with van der Waals surface area (Å²) < 4.78 is 12.8. The lowest BCUT2D eigenvalue weighted by Crippen LogP contribution is -2.23. The predicted molar refractivity (Wildman–Crippen MR) is 109 cm³/mol. The van der Waals surface area contributed by atoms with Gasteiger partial charge in [0.05, 0.1) is 11.0 Å². The molecule has 0 amide bonds. The Bertz CT molecular complexity index is 1180. The van der Waals surface area contributed by atoms with Gasteiger partial charge in [0.1, 0.15) is 11.3 Å². The SMILES string of the molecule is C1=C2CN(Cc3coc4cc(Oc5nc6ncccc6s5)ccc34)CC2CN1. The number of hydrogen-bond donors (Lipinski definition) is 1. The minimum atomic E-state index is 0.588. The van der Waals surface area contributed by atoms with Crippen LogP contribution in [0.25, 0.3) is 21.3 Å². The molecule has 1 fully saturated rings.